The molecule has 4 heterocycles. The molecule has 1 aliphatic rings. The predicted molar refractivity (Wildman–Crippen MR) is 104 cm³/mol. The summed E-state index contributed by atoms with van der Waals surface area (Å²) in [5, 5.41) is 6.54. The van der Waals surface area contributed by atoms with Gasteiger partial charge in [-0.2, -0.15) is 0 Å². The molecule has 136 valence electrons. The molecule has 7 nitrogen and oxygen atoms in total. The first-order chi connectivity index (χ1) is 12.4. The Labute approximate surface area is 162 Å². The molecule has 1 N–H and O–H groups in total. The van der Waals surface area contributed by atoms with Gasteiger partial charge < -0.3 is 10.2 Å². The maximum atomic E-state index is 4.63. The SMILES string of the molecule is Cl.c1cnc(-c2nc(CNC3CCCN(c4ncccn4)C3)cs2)nc1. The van der Waals surface area contributed by atoms with Gasteiger partial charge in [0.15, 0.2) is 10.8 Å². The molecule has 1 fully saturated rings. The molecule has 0 saturated carbocycles. The summed E-state index contributed by atoms with van der Waals surface area (Å²) >= 11 is 1.58. The van der Waals surface area contributed by atoms with E-state index < -0.39 is 0 Å². The Morgan fingerprint density at radius 3 is 2.58 bits per heavy atom. The molecule has 4 rings (SSSR count). The van der Waals surface area contributed by atoms with Gasteiger partial charge in [-0.3, -0.25) is 0 Å². The lowest BCUT2D eigenvalue weighted by Crippen LogP contribution is -2.46. The van der Waals surface area contributed by atoms with Crippen LogP contribution in [0.2, 0.25) is 0 Å². The first-order valence-electron chi connectivity index (χ1n) is 8.35. The average molecular weight is 390 g/mol. The predicted octanol–water partition coefficient (Wildman–Crippen LogP) is 2.57. The number of thiazole rings is 1. The third kappa shape index (κ3) is 4.51. The molecular formula is C17H20ClN7S. The van der Waals surface area contributed by atoms with Crippen molar-refractivity contribution < 1.29 is 0 Å². The topological polar surface area (TPSA) is 79.7 Å². The number of halogens is 1. The molecule has 0 bridgehead atoms. The lowest BCUT2D eigenvalue weighted by Gasteiger charge is -2.33. The molecule has 26 heavy (non-hydrogen) atoms. The lowest BCUT2D eigenvalue weighted by atomic mass is 10.1. The third-order valence-corrected chi connectivity index (χ3v) is 5.02. The van der Waals surface area contributed by atoms with Gasteiger partial charge >= 0.3 is 0 Å². The minimum Gasteiger partial charge on any atom is -0.339 e. The zero-order valence-electron chi connectivity index (χ0n) is 14.2. The number of nitrogens with zero attached hydrogens (tertiary/aromatic N) is 6. The molecule has 0 aromatic carbocycles. The summed E-state index contributed by atoms with van der Waals surface area (Å²) in [4.78, 5) is 24.1. The first-order valence-corrected chi connectivity index (χ1v) is 9.23. The van der Waals surface area contributed by atoms with Crippen LogP contribution in [0.3, 0.4) is 0 Å². The molecular weight excluding hydrogens is 370 g/mol. The number of aromatic nitrogens is 5. The van der Waals surface area contributed by atoms with Crippen LogP contribution >= 0.6 is 23.7 Å². The highest BCUT2D eigenvalue weighted by Gasteiger charge is 2.21. The van der Waals surface area contributed by atoms with Gasteiger partial charge in [0.05, 0.1) is 5.69 Å². The summed E-state index contributed by atoms with van der Waals surface area (Å²) in [6.45, 7) is 2.68. The van der Waals surface area contributed by atoms with E-state index >= 15 is 0 Å². The van der Waals surface area contributed by atoms with Gasteiger partial charge in [0.1, 0.15) is 0 Å². The second-order valence-electron chi connectivity index (χ2n) is 5.93. The third-order valence-electron chi connectivity index (χ3n) is 4.14. The van der Waals surface area contributed by atoms with Crippen LogP contribution < -0.4 is 10.2 Å². The minimum absolute atomic E-state index is 0. The summed E-state index contributed by atoms with van der Waals surface area (Å²) < 4.78 is 0. The number of hydrogen-bond donors (Lipinski definition) is 1. The quantitative estimate of drug-likeness (QED) is 0.718. The standard InChI is InChI=1S/C17H19N7S.ClH/c1-4-13(11-24(9-1)17-20-7-3-8-21-17)22-10-14-12-25-16(23-14)15-18-5-2-6-19-15;/h2-3,5-8,12-13,22H,1,4,9-11H2;1H. The van der Waals surface area contributed by atoms with Crippen LogP contribution in [0.4, 0.5) is 5.95 Å². The molecule has 0 spiro atoms. The van der Waals surface area contributed by atoms with Crippen LogP contribution in [-0.2, 0) is 6.54 Å². The number of anilines is 1. The lowest BCUT2D eigenvalue weighted by molar-refractivity contribution is 0.416. The summed E-state index contributed by atoms with van der Waals surface area (Å²) in [5.74, 6) is 1.50. The van der Waals surface area contributed by atoms with Crippen LogP contribution in [0.5, 0.6) is 0 Å². The van der Waals surface area contributed by atoms with Crippen LogP contribution in [0.15, 0.2) is 42.3 Å². The van der Waals surface area contributed by atoms with Gasteiger partial charge in [-0.15, -0.1) is 23.7 Å². The smallest absolute Gasteiger partial charge is 0.225 e. The Balaban J connectivity index is 0.00000196. The molecule has 0 amide bonds. The second-order valence-corrected chi connectivity index (χ2v) is 6.79. The van der Waals surface area contributed by atoms with E-state index in [2.05, 4.69) is 40.5 Å². The van der Waals surface area contributed by atoms with Crippen LogP contribution in [0, 0.1) is 0 Å². The van der Waals surface area contributed by atoms with E-state index in [4.69, 9.17) is 0 Å². The molecule has 0 radical (unpaired) electrons. The number of piperidine rings is 1. The van der Waals surface area contributed by atoms with E-state index in [0.717, 1.165) is 49.1 Å². The van der Waals surface area contributed by atoms with Crippen LogP contribution in [0.25, 0.3) is 10.8 Å². The average Bonchev–Trinajstić information content (AvgIpc) is 3.17. The molecule has 3 aromatic rings. The van der Waals surface area contributed by atoms with Gasteiger partial charge in [0.2, 0.25) is 5.95 Å². The fourth-order valence-electron chi connectivity index (χ4n) is 2.93. The molecule has 1 unspecified atom stereocenters. The fraction of sp³-hybridized carbons (Fsp3) is 0.353. The van der Waals surface area contributed by atoms with Crippen molar-refractivity contribution in [3.63, 3.8) is 0 Å². The zero-order valence-corrected chi connectivity index (χ0v) is 15.8. The van der Waals surface area contributed by atoms with Crippen molar-refractivity contribution in [2.24, 2.45) is 0 Å². The molecule has 0 aliphatic carbocycles. The summed E-state index contributed by atoms with van der Waals surface area (Å²) in [5.41, 5.74) is 1.03. The van der Waals surface area contributed by atoms with E-state index in [1.807, 2.05) is 12.1 Å². The highest BCUT2D eigenvalue weighted by atomic mass is 35.5. The van der Waals surface area contributed by atoms with E-state index in [-0.39, 0.29) is 12.4 Å². The number of nitrogens with one attached hydrogen (secondary N) is 1. The summed E-state index contributed by atoms with van der Waals surface area (Å²) in [6, 6.07) is 4.07. The summed E-state index contributed by atoms with van der Waals surface area (Å²) in [7, 11) is 0. The van der Waals surface area contributed by atoms with Crippen molar-refractivity contribution in [3.05, 3.63) is 48.0 Å². The minimum atomic E-state index is 0. The zero-order chi connectivity index (χ0) is 16.9. The molecule has 1 aliphatic heterocycles. The largest absolute Gasteiger partial charge is 0.339 e. The normalized spacial score (nSPS) is 16.9. The van der Waals surface area contributed by atoms with Crippen LogP contribution in [-0.4, -0.2) is 44.1 Å². The maximum absolute atomic E-state index is 4.63. The molecule has 3 aromatic heterocycles. The van der Waals surface area contributed by atoms with Crippen LogP contribution in [0.1, 0.15) is 18.5 Å². The van der Waals surface area contributed by atoms with Gasteiger partial charge in [-0.1, -0.05) is 0 Å². The Hall–Kier alpha value is -2.16. The monoisotopic (exact) mass is 389 g/mol. The van der Waals surface area contributed by atoms with E-state index in [1.54, 1.807) is 36.1 Å². The van der Waals surface area contributed by atoms with Crippen molar-refractivity contribution >= 4 is 29.7 Å². The molecule has 1 saturated heterocycles. The Kier molecular flexibility index (Phi) is 6.43. The van der Waals surface area contributed by atoms with Crippen molar-refractivity contribution in [3.8, 4) is 10.8 Å². The Morgan fingerprint density at radius 2 is 1.81 bits per heavy atom. The molecule has 9 heteroatoms. The number of hydrogen-bond acceptors (Lipinski definition) is 8. The van der Waals surface area contributed by atoms with Gasteiger partial charge in [-0.05, 0) is 25.0 Å². The van der Waals surface area contributed by atoms with Gasteiger partial charge in [0.25, 0.3) is 0 Å². The maximum Gasteiger partial charge on any atom is 0.225 e. The van der Waals surface area contributed by atoms with E-state index in [9.17, 15) is 0 Å². The van der Waals surface area contributed by atoms with Crippen molar-refractivity contribution in [1.29, 1.82) is 0 Å². The van der Waals surface area contributed by atoms with E-state index in [1.165, 1.54) is 0 Å². The molecule has 1 atom stereocenters. The van der Waals surface area contributed by atoms with E-state index in [0.29, 0.717) is 11.9 Å². The van der Waals surface area contributed by atoms with Gasteiger partial charge in [0, 0.05) is 55.8 Å². The van der Waals surface area contributed by atoms with Crippen molar-refractivity contribution in [2.75, 3.05) is 18.0 Å². The fourth-order valence-corrected chi connectivity index (χ4v) is 3.69. The first kappa shape index (κ1) is 18.6. The second kappa shape index (κ2) is 8.98. The number of rotatable bonds is 5. The highest BCUT2D eigenvalue weighted by Crippen LogP contribution is 2.20. The van der Waals surface area contributed by atoms with Gasteiger partial charge in [-0.25, -0.2) is 24.9 Å². The summed E-state index contributed by atoms with van der Waals surface area (Å²) in [6.07, 6.45) is 9.36. The Bertz CT molecular complexity index is 799. The van der Waals surface area contributed by atoms with Crippen molar-refractivity contribution in [2.45, 2.75) is 25.4 Å². The Morgan fingerprint density at radius 1 is 1.08 bits per heavy atom. The van der Waals surface area contributed by atoms with Crippen molar-refractivity contribution in [1.82, 2.24) is 30.2 Å². The highest BCUT2D eigenvalue weighted by molar-refractivity contribution is 7.13.